The molecule has 0 saturated carbocycles. The summed E-state index contributed by atoms with van der Waals surface area (Å²) in [6.45, 7) is 4.02. The first-order valence-corrected chi connectivity index (χ1v) is 12.8. The quantitative estimate of drug-likeness (QED) is 0.349. The molecule has 2 aromatic carbocycles. The number of benzene rings is 2. The number of amides is 1. The van der Waals surface area contributed by atoms with Gasteiger partial charge in [-0.3, -0.25) is 9.48 Å². The van der Waals surface area contributed by atoms with Gasteiger partial charge in [0, 0.05) is 35.7 Å². The van der Waals surface area contributed by atoms with Crippen molar-refractivity contribution in [2.24, 2.45) is 0 Å². The Morgan fingerprint density at radius 1 is 1.17 bits per heavy atom. The average molecular weight is 500 g/mol. The molecule has 3 aromatic heterocycles. The van der Waals surface area contributed by atoms with Crippen LogP contribution < -0.4 is 10.1 Å². The van der Waals surface area contributed by atoms with Crippen LogP contribution in [0.2, 0.25) is 0 Å². The molecule has 1 fully saturated rings. The number of anilines is 2. The van der Waals surface area contributed by atoms with Gasteiger partial charge < -0.3 is 15.0 Å². The van der Waals surface area contributed by atoms with Crippen molar-refractivity contribution in [2.45, 2.75) is 32.4 Å². The normalized spacial score (nSPS) is 14.4. The van der Waals surface area contributed by atoms with Gasteiger partial charge in [-0.05, 0) is 50.1 Å². The van der Waals surface area contributed by atoms with E-state index in [9.17, 15) is 4.79 Å². The summed E-state index contributed by atoms with van der Waals surface area (Å²) >= 11 is 1.62. The van der Waals surface area contributed by atoms with E-state index in [0.717, 1.165) is 58.4 Å². The summed E-state index contributed by atoms with van der Waals surface area (Å²) < 4.78 is 8.12. The molecule has 0 bridgehead atoms. The number of carbonyl (C=O) groups excluding carboxylic acids is 1. The molecule has 0 radical (unpaired) electrons. The van der Waals surface area contributed by atoms with Crippen molar-refractivity contribution in [1.29, 1.82) is 0 Å². The summed E-state index contributed by atoms with van der Waals surface area (Å²) in [5.74, 6) is 1.20. The second-order valence-corrected chi connectivity index (χ2v) is 9.77. The van der Waals surface area contributed by atoms with Crippen LogP contribution in [-0.4, -0.2) is 54.7 Å². The van der Waals surface area contributed by atoms with Gasteiger partial charge in [0.15, 0.2) is 6.10 Å². The van der Waals surface area contributed by atoms with Gasteiger partial charge in [-0.1, -0.05) is 6.07 Å². The molecule has 9 nitrogen and oxygen atoms in total. The van der Waals surface area contributed by atoms with E-state index >= 15 is 0 Å². The fourth-order valence-corrected chi connectivity index (χ4v) is 5.19. The Kier molecular flexibility index (Phi) is 5.94. The molecule has 182 valence electrons. The number of hydrogen-bond acceptors (Lipinski definition) is 8. The Morgan fingerprint density at radius 3 is 2.89 bits per heavy atom. The molecule has 4 heterocycles. The molecule has 1 aliphatic rings. The fraction of sp³-hybridized carbons (Fsp3) is 0.269. The van der Waals surface area contributed by atoms with Gasteiger partial charge >= 0.3 is 0 Å². The molecule has 10 heteroatoms. The topological polar surface area (TPSA) is 98.1 Å². The summed E-state index contributed by atoms with van der Waals surface area (Å²) in [5.41, 5.74) is 2.64. The Labute approximate surface area is 211 Å². The van der Waals surface area contributed by atoms with E-state index in [1.165, 1.54) is 6.33 Å². The summed E-state index contributed by atoms with van der Waals surface area (Å²) in [6.07, 6.45) is 6.68. The number of thiazole rings is 1. The third-order valence-electron chi connectivity index (χ3n) is 6.37. The lowest BCUT2D eigenvalue weighted by Crippen LogP contribution is -2.38. The zero-order valence-electron chi connectivity index (χ0n) is 19.8. The molecule has 0 spiro atoms. The van der Waals surface area contributed by atoms with E-state index < -0.39 is 6.10 Å². The van der Waals surface area contributed by atoms with E-state index in [4.69, 9.17) is 4.74 Å². The summed E-state index contributed by atoms with van der Waals surface area (Å²) in [4.78, 5) is 28.0. The van der Waals surface area contributed by atoms with Crippen LogP contribution in [0.4, 0.5) is 11.5 Å². The zero-order valence-corrected chi connectivity index (χ0v) is 20.6. The first-order valence-electron chi connectivity index (χ1n) is 12.0. The maximum Gasteiger partial charge on any atom is 0.263 e. The maximum absolute atomic E-state index is 12.8. The number of hydrogen-bond donors (Lipinski definition) is 1. The van der Waals surface area contributed by atoms with E-state index in [2.05, 4.69) is 25.4 Å². The lowest BCUT2D eigenvalue weighted by atomic mass is 10.2. The number of carbonyl (C=O) groups is 1. The highest BCUT2D eigenvalue weighted by molar-refractivity contribution is 7.09. The van der Waals surface area contributed by atoms with E-state index in [-0.39, 0.29) is 5.91 Å². The molecular weight excluding hydrogens is 474 g/mol. The highest BCUT2D eigenvalue weighted by atomic mass is 32.1. The summed E-state index contributed by atoms with van der Waals surface area (Å²) in [5, 5.41) is 12.7. The SMILES string of the molecule is C[C@H](Oc1cccc2ncnc(Nc3ccc4c(cnn4Cc4nccs4)c3)c12)C(=O)N1CCCC1. The zero-order chi connectivity index (χ0) is 24.5. The standard InChI is InChI=1S/C26H25N7O2S/c1-17(26(34)32-10-2-3-11-32)35-22-6-4-5-20-24(22)25(29-16-28-20)31-19-7-8-21-18(13-19)14-30-33(21)15-23-27-9-12-36-23/h4-9,12-14,16-17H,2-3,10-11,15H2,1H3,(H,28,29,31)/t17-/m0/s1. The molecule has 6 rings (SSSR count). The van der Waals surface area contributed by atoms with Crippen LogP contribution in [0.25, 0.3) is 21.8 Å². The largest absolute Gasteiger partial charge is 0.480 e. The fourth-order valence-electron chi connectivity index (χ4n) is 4.59. The van der Waals surface area contributed by atoms with Crippen LogP contribution in [0, 0.1) is 0 Å². The minimum Gasteiger partial charge on any atom is -0.480 e. The number of likely N-dealkylation sites (tertiary alicyclic amines) is 1. The Bertz CT molecular complexity index is 1520. The van der Waals surface area contributed by atoms with Crippen molar-refractivity contribution in [1.82, 2.24) is 29.6 Å². The van der Waals surface area contributed by atoms with E-state index in [1.54, 1.807) is 24.5 Å². The van der Waals surface area contributed by atoms with Gasteiger partial charge in [0.25, 0.3) is 5.91 Å². The highest BCUT2D eigenvalue weighted by Crippen LogP contribution is 2.33. The lowest BCUT2D eigenvalue weighted by molar-refractivity contribution is -0.136. The lowest BCUT2D eigenvalue weighted by Gasteiger charge is -2.22. The second kappa shape index (κ2) is 9.54. The van der Waals surface area contributed by atoms with Crippen LogP contribution in [0.5, 0.6) is 5.75 Å². The van der Waals surface area contributed by atoms with Crippen molar-refractivity contribution in [3.05, 3.63) is 65.5 Å². The number of nitrogens with zero attached hydrogens (tertiary/aromatic N) is 6. The van der Waals surface area contributed by atoms with Crippen molar-refractivity contribution in [2.75, 3.05) is 18.4 Å². The molecule has 5 aromatic rings. The van der Waals surface area contributed by atoms with Crippen LogP contribution in [0.15, 0.2) is 60.5 Å². The third kappa shape index (κ3) is 4.35. The highest BCUT2D eigenvalue weighted by Gasteiger charge is 2.25. The molecule has 1 N–H and O–H groups in total. The molecule has 0 unspecified atom stereocenters. The number of ether oxygens (including phenoxy) is 1. The van der Waals surface area contributed by atoms with Gasteiger partial charge in [-0.15, -0.1) is 11.3 Å². The predicted molar refractivity (Wildman–Crippen MR) is 140 cm³/mol. The van der Waals surface area contributed by atoms with Crippen LogP contribution in [0.1, 0.15) is 24.8 Å². The number of fused-ring (bicyclic) bond motifs is 2. The molecule has 0 aliphatic carbocycles. The predicted octanol–water partition coefficient (Wildman–Crippen LogP) is 4.62. The van der Waals surface area contributed by atoms with Crippen LogP contribution >= 0.6 is 11.3 Å². The van der Waals surface area contributed by atoms with E-state index in [1.807, 2.05) is 57.6 Å². The molecule has 1 amide bonds. The number of rotatable bonds is 7. The van der Waals surface area contributed by atoms with Gasteiger partial charge in [0.05, 0.1) is 29.2 Å². The van der Waals surface area contributed by atoms with E-state index in [0.29, 0.717) is 18.1 Å². The molecule has 1 aliphatic heterocycles. The van der Waals surface area contributed by atoms with Crippen molar-refractivity contribution in [3.8, 4) is 5.75 Å². The Morgan fingerprint density at radius 2 is 2.06 bits per heavy atom. The smallest absolute Gasteiger partial charge is 0.263 e. The van der Waals surface area contributed by atoms with Crippen LogP contribution in [-0.2, 0) is 11.3 Å². The third-order valence-corrected chi connectivity index (χ3v) is 7.13. The summed E-state index contributed by atoms with van der Waals surface area (Å²) in [6, 6.07) is 11.7. The Hall–Kier alpha value is -4.05. The first-order chi connectivity index (χ1) is 17.7. The second-order valence-electron chi connectivity index (χ2n) is 8.79. The van der Waals surface area contributed by atoms with Gasteiger partial charge in [0.1, 0.15) is 22.9 Å². The number of nitrogens with one attached hydrogen (secondary N) is 1. The molecule has 1 atom stereocenters. The van der Waals surface area contributed by atoms with Crippen molar-refractivity contribution in [3.63, 3.8) is 0 Å². The monoisotopic (exact) mass is 499 g/mol. The minimum absolute atomic E-state index is 0.0103. The number of aromatic nitrogens is 5. The maximum atomic E-state index is 12.8. The first kappa shape index (κ1) is 22.4. The average Bonchev–Trinajstić information content (AvgIpc) is 3.67. The van der Waals surface area contributed by atoms with Crippen LogP contribution in [0.3, 0.4) is 0 Å². The molecular formula is C26H25N7O2S. The van der Waals surface area contributed by atoms with Gasteiger partial charge in [0.2, 0.25) is 0 Å². The van der Waals surface area contributed by atoms with Crippen molar-refractivity contribution >= 4 is 50.6 Å². The van der Waals surface area contributed by atoms with Gasteiger partial charge in [-0.2, -0.15) is 5.10 Å². The Balaban J connectivity index is 1.28. The summed E-state index contributed by atoms with van der Waals surface area (Å²) in [7, 11) is 0. The molecule has 36 heavy (non-hydrogen) atoms. The van der Waals surface area contributed by atoms with Gasteiger partial charge in [-0.25, -0.2) is 15.0 Å². The van der Waals surface area contributed by atoms with Crippen molar-refractivity contribution < 1.29 is 9.53 Å². The molecule has 1 saturated heterocycles. The minimum atomic E-state index is -0.596.